The summed E-state index contributed by atoms with van der Waals surface area (Å²) in [5.41, 5.74) is 12.3. The summed E-state index contributed by atoms with van der Waals surface area (Å²) in [6.07, 6.45) is 0.284. The van der Waals surface area contributed by atoms with Crippen LogP contribution < -0.4 is 16.8 Å². The second-order valence-electron chi connectivity index (χ2n) is 3.45. The molecule has 0 spiro atoms. The highest BCUT2D eigenvalue weighted by molar-refractivity contribution is 9.10. The third-order valence-corrected chi connectivity index (χ3v) is 2.42. The van der Waals surface area contributed by atoms with Crippen LogP contribution in [0.2, 0.25) is 0 Å². The van der Waals surface area contributed by atoms with Crippen LogP contribution >= 0.6 is 15.9 Å². The summed E-state index contributed by atoms with van der Waals surface area (Å²) in [5.74, 6) is -0.330. The number of nitrogen functional groups attached to an aromatic ring is 1. The molecule has 82 valence electrons. The van der Waals surface area contributed by atoms with Gasteiger partial charge in [0, 0.05) is 16.9 Å². The first-order valence-electron chi connectivity index (χ1n) is 4.59. The maximum Gasteiger partial charge on any atom is 0.219 e. The van der Waals surface area contributed by atoms with Crippen molar-refractivity contribution in [3.8, 4) is 0 Å². The Bertz CT molecular complexity index is 368. The van der Waals surface area contributed by atoms with E-state index < -0.39 is 0 Å². The van der Waals surface area contributed by atoms with Crippen molar-refractivity contribution < 1.29 is 4.79 Å². The van der Waals surface area contributed by atoms with Crippen molar-refractivity contribution in [3.63, 3.8) is 0 Å². The van der Waals surface area contributed by atoms with E-state index in [1.807, 2.05) is 19.1 Å². The average Bonchev–Trinajstić information content (AvgIpc) is 2.10. The zero-order valence-electron chi connectivity index (χ0n) is 8.46. The van der Waals surface area contributed by atoms with E-state index in [-0.39, 0.29) is 18.4 Å². The van der Waals surface area contributed by atoms with Crippen LogP contribution in [0.3, 0.4) is 0 Å². The fourth-order valence-electron chi connectivity index (χ4n) is 1.27. The molecule has 1 rings (SSSR count). The van der Waals surface area contributed by atoms with Crippen LogP contribution in [0.1, 0.15) is 13.3 Å². The Morgan fingerprint density at radius 1 is 1.60 bits per heavy atom. The molecule has 0 fully saturated rings. The van der Waals surface area contributed by atoms with Crippen molar-refractivity contribution in [2.24, 2.45) is 5.73 Å². The lowest BCUT2D eigenvalue weighted by molar-refractivity contribution is -0.118. The van der Waals surface area contributed by atoms with Gasteiger partial charge in [0.15, 0.2) is 0 Å². The first-order valence-corrected chi connectivity index (χ1v) is 5.38. The number of hydrogen-bond donors (Lipinski definition) is 3. The van der Waals surface area contributed by atoms with Crippen molar-refractivity contribution in [2.45, 2.75) is 19.4 Å². The SMILES string of the molecule is CC(CC(N)=O)Nc1cc(Br)ccc1N. The highest BCUT2D eigenvalue weighted by Crippen LogP contribution is 2.24. The zero-order chi connectivity index (χ0) is 11.4. The number of halogens is 1. The van der Waals surface area contributed by atoms with Crippen LogP contribution in [0.5, 0.6) is 0 Å². The summed E-state index contributed by atoms with van der Waals surface area (Å²) in [4.78, 5) is 10.7. The summed E-state index contributed by atoms with van der Waals surface area (Å²) in [6, 6.07) is 5.49. The van der Waals surface area contributed by atoms with Crippen molar-refractivity contribution in [3.05, 3.63) is 22.7 Å². The zero-order valence-corrected chi connectivity index (χ0v) is 10.0. The topological polar surface area (TPSA) is 81.1 Å². The van der Waals surface area contributed by atoms with Crippen LogP contribution in [0.4, 0.5) is 11.4 Å². The lowest BCUT2D eigenvalue weighted by atomic mass is 10.2. The predicted octanol–water partition coefficient (Wildman–Crippen LogP) is 1.71. The molecule has 0 aliphatic heterocycles. The Morgan fingerprint density at radius 2 is 2.27 bits per heavy atom. The molecule has 5 N–H and O–H groups in total. The van der Waals surface area contributed by atoms with Gasteiger partial charge in [0.1, 0.15) is 0 Å². The van der Waals surface area contributed by atoms with E-state index in [9.17, 15) is 4.79 Å². The van der Waals surface area contributed by atoms with E-state index in [1.54, 1.807) is 6.07 Å². The third kappa shape index (κ3) is 3.79. The number of primary amides is 1. The largest absolute Gasteiger partial charge is 0.397 e. The smallest absolute Gasteiger partial charge is 0.219 e. The molecule has 1 aromatic rings. The van der Waals surface area contributed by atoms with E-state index in [2.05, 4.69) is 21.2 Å². The molecule has 1 unspecified atom stereocenters. The van der Waals surface area contributed by atoms with E-state index >= 15 is 0 Å². The average molecular weight is 272 g/mol. The van der Waals surface area contributed by atoms with Crippen LogP contribution in [-0.2, 0) is 4.79 Å². The molecule has 0 radical (unpaired) electrons. The van der Waals surface area contributed by atoms with E-state index in [1.165, 1.54) is 0 Å². The van der Waals surface area contributed by atoms with Crippen molar-refractivity contribution in [1.82, 2.24) is 0 Å². The summed E-state index contributed by atoms with van der Waals surface area (Å²) in [6.45, 7) is 1.88. The molecule has 1 atom stereocenters. The molecule has 15 heavy (non-hydrogen) atoms. The normalized spacial score (nSPS) is 12.1. The Kier molecular flexibility index (Phi) is 3.96. The summed E-state index contributed by atoms with van der Waals surface area (Å²) >= 11 is 3.35. The number of anilines is 2. The molecule has 0 aromatic heterocycles. The molecular formula is C10H14BrN3O. The number of hydrogen-bond acceptors (Lipinski definition) is 3. The van der Waals surface area contributed by atoms with Gasteiger partial charge < -0.3 is 16.8 Å². The monoisotopic (exact) mass is 271 g/mol. The molecule has 0 bridgehead atoms. The van der Waals surface area contributed by atoms with Crippen LogP contribution in [-0.4, -0.2) is 11.9 Å². The van der Waals surface area contributed by atoms with Gasteiger partial charge in [0.25, 0.3) is 0 Å². The Morgan fingerprint density at radius 3 is 2.87 bits per heavy atom. The van der Waals surface area contributed by atoms with Crippen LogP contribution in [0, 0.1) is 0 Å². The summed E-state index contributed by atoms with van der Waals surface area (Å²) in [5, 5.41) is 3.13. The van der Waals surface area contributed by atoms with Gasteiger partial charge in [-0.2, -0.15) is 0 Å². The fraction of sp³-hybridized carbons (Fsp3) is 0.300. The molecule has 0 saturated carbocycles. The number of rotatable bonds is 4. The molecule has 5 heteroatoms. The van der Waals surface area contributed by atoms with Crippen molar-refractivity contribution in [1.29, 1.82) is 0 Å². The minimum absolute atomic E-state index is 0.0286. The van der Waals surface area contributed by atoms with Gasteiger partial charge in [0.05, 0.1) is 11.4 Å². The quantitative estimate of drug-likeness (QED) is 0.730. The number of carbonyl (C=O) groups excluding carboxylic acids is 1. The third-order valence-electron chi connectivity index (χ3n) is 1.92. The van der Waals surface area contributed by atoms with Gasteiger partial charge in [-0.15, -0.1) is 0 Å². The number of benzene rings is 1. The second-order valence-corrected chi connectivity index (χ2v) is 4.36. The number of nitrogens with one attached hydrogen (secondary N) is 1. The maximum absolute atomic E-state index is 10.7. The molecule has 1 aromatic carbocycles. The van der Waals surface area contributed by atoms with Crippen molar-refractivity contribution >= 4 is 33.2 Å². The van der Waals surface area contributed by atoms with E-state index in [0.717, 1.165) is 10.2 Å². The first-order chi connectivity index (χ1) is 6.99. The highest BCUT2D eigenvalue weighted by Gasteiger charge is 2.07. The van der Waals surface area contributed by atoms with Gasteiger partial charge in [-0.3, -0.25) is 4.79 Å². The molecular weight excluding hydrogens is 258 g/mol. The molecule has 0 aliphatic carbocycles. The van der Waals surface area contributed by atoms with E-state index in [0.29, 0.717) is 5.69 Å². The lowest BCUT2D eigenvalue weighted by Crippen LogP contribution is -2.24. The van der Waals surface area contributed by atoms with Crippen LogP contribution in [0.15, 0.2) is 22.7 Å². The first kappa shape index (κ1) is 11.8. The van der Waals surface area contributed by atoms with Gasteiger partial charge in [-0.05, 0) is 25.1 Å². The fourth-order valence-corrected chi connectivity index (χ4v) is 1.63. The van der Waals surface area contributed by atoms with Gasteiger partial charge >= 0.3 is 0 Å². The highest BCUT2D eigenvalue weighted by atomic mass is 79.9. The van der Waals surface area contributed by atoms with Gasteiger partial charge in [-0.25, -0.2) is 0 Å². The standard InChI is InChI=1S/C10H14BrN3O/c1-6(4-10(13)15)14-9-5-7(11)2-3-8(9)12/h2-3,5-6,14H,4,12H2,1H3,(H2,13,15). The number of amides is 1. The van der Waals surface area contributed by atoms with Crippen LogP contribution in [0.25, 0.3) is 0 Å². The van der Waals surface area contributed by atoms with E-state index in [4.69, 9.17) is 11.5 Å². The maximum atomic E-state index is 10.7. The Labute approximate surface area is 97.1 Å². The minimum atomic E-state index is -0.330. The van der Waals surface area contributed by atoms with Gasteiger partial charge in [0.2, 0.25) is 5.91 Å². The van der Waals surface area contributed by atoms with Gasteiger partial charge in [-0.1, -0.05) is 15.9 Å². The lowest BCUT2D eigenvalue weighted by Gasteiger charge is -2.15. The molecule has 0 heterocycles. The number of carbonyl (C=O) groups is 1. The minimum Gasteiger partial charge on any atom is -0.397 e. The Balaban J connectivity index is 2.71. The summed E-state index contributed by atoms with van der Waals surface area (Å²) in [7, 11) is 0. The Hall–Kier alpha value is -1.23. The van der Waals surface area contributed by atoms with Crippen molar-refractivity contribution in [2.75, 3.05) is 11.1 Å². The number of nitrogens with two attached hydrogens (primary N) is 2. The summed E-state index contributed by atoms with van der Waals surface area (Å²) < 4.78 is 0.936. The molecule has 4 nitrogen and oxygen atoms in total. The second kappa shape index (κ2) is 5.02. The predicted molar refractivity (Wildman–Crippen MR) is 65.5 cm³/mol. The molecule has 0 aliphatic rings. The molecule has 0 saturated heterocycles. The molecule has 1 amide bonds.